The van der Waals surface area contributed by atoms with E-state index >= 15 is 0 Å². The topological polar surface area (TPSA) is 263 Å². The van der Waals surface area contributed by atoms with E-state index in [0.29, 0.717) is 45.3 Å². The quantitative estimate of drug-likeness (QED) is 0.0478. The second-order valence-electron chi connectivity index (χ2n) is 15.4. The number of H-pyrrole nitrogens is 1. The summed E-state index contributed by atoms with van der Waals surface area (Å²) in [7, 11) is 0. The zero-order valence-electron chi connectivity index (χ0n) is 34.8. The van der Waals surface area contributed by atoms with Gasteiger partial charge in [0.05, 0.1) is 13.1 Å². The van der Waals surface area contributed by atoms with Crippen LogP contribution in [0, 0.1) is 11.8 Å². The summed E-state index contributed by atoms with van der Waals surface area (Å²) in [6.45, 7) is 6.90. The van der Waals surface area contributed by atoms with E-state index in [1.165, 1.54) is 6.92 Å². The molecule has 60 heavy (non-hydrogen) atoms. The average molecular weight is 828 g/mol. The van der Waals surface area contributed by atoms with E-state index in [1.54, 1.807) is 6.20 Å². The minimum atomic E-state index is -1.15. The number of carbonyl (C=O) groups is 6. The molecule has 0 spiro atoms. The highest BCUT2D eigenvalue weighted by Gasteiger charge is 2.32. The smallest absolute Gasteiger partial charge is 0.333 e. The molecular weight excluding hydrogens is 767 g/mol. The number of hydrazine groups is 1. The van der Waals surface area contributed by atoms with Crippen molar-refractivity contribution < 1.29 is 28.8 Å². The van der Waals surface area contributed by atoms with Crippen molar-refractivity contribution in [3.8, 4) is 11.8 Å². The van der Waals surface area contributed by atoms with Gasteiger partial charge in [0.15, 0.2) is 0 Å². The number of urea groups is 1. The summed E-state index contributed by atoms with van der Waals surface area (Å²) in [6.07, 6.45) is 4.75. The molecule has 1 aliphatic rings. The molecular formula is C43H61N11O6. The Morgan fingerprint density at radius 2 is 1.60 bits per heavy atom. The van der Waals surface area contributed by atoms with Crippen LogP contribution in [0.15, 0.2) is 60.8 Å². The molecule has 1 aliphatic heterocycles. The van der Waals surface area contributed by atoms with Crippen molar-refractivity contribution in [1.29, 1.82) is 0 Å². The molecule has 2 heterocycles. The molecule has 12 N–H and O–H groups in total. The number of rotatable bonds is 14. The summed E-state index contributed by atoms with van der Waals surface area (Å²) in [5.74, 6) is 8.85. The van der Waals surface area contributed by atoms with Crippen molar-refractivity contribution in [2.24, 2.45) is 17.3 Å². The number of unbranched alkanes of at least 4 members (excludes halogenated alkanes) is 1. The number of amides is 7. The van der Waals surface area contributed by atoms with Crippen LogP contribution in [0.3, 0.4) is 0 Å². The Bertz CT molecular complexity index is 1980. The molecule has 7 amide bonds. The van der Waals surface area contributed by atoms with E-state index in [1.807, 2.05) is 68.4 Å². The molecule has 0 aliphatic carbocycles. The summed E-state index contributed by atoms with van der Waals surface area (Å²) >= 11 is 0. The number of carbonyl (C=O) groups excluding carboxylic acids is 6. The third kappa shape index (κ3) is 14.4. The minimum absolute atomic E-state index is 0.0678. The summed E-state index contributed by atoms with van der Waals surface area (Å²) in [6, 6.07) is 10.5. The predicted octanol–water partition coefficient (Wildman–Crippen LogP) is 0.678. The molecule has 0 unspecified atom stereocenters. The number of hydrogen-bond acceptors (Lipinski definition) is 9. The van der Waals surface area contributed by atoms with Crippen molar-refractivity contribution in [3.63, 3.8) is 0 Å². The van der Waals surface area contributed by atoms with Crippen LogP contribution >= 0.6 is 0 Å². The van der Waals surface area contributed by atoms with Crippen LogP contribution in [0.25, 0.3) is 10.9 Å². The fraction of sp³-hybridized carbons (Fsp3) is 0.488. The first kappa shape index (κ1) is 46.7. The molecule has 1 aromatic heterocycles. The van der Waals surface area contributed by atoms with Gasteiger partial charge < -0.3 is 43.0 Å². The van der Waals surface area contributed by atoms with Gasteiger partial charge in [0.2, 0.25) is 29.5 Å². The van der Waals surface area contributed by atoms with E-state index in [-0.39, 0.29) is 38.3 Å². The SMILES string of the molecule is CC(C)N1CC#CCN(N)C(=O)N[C@H](Cc2c[nH]c3ccccc23)C(=O)N[C@@H](C)C(=O)N[C@H](C(=O)N[C@H](Cc2ccccc2)C(=O)N[C@@H](CCCCN)C(N)=O)CCCC1. The van der Waals surface area contributed by atoms with E-state index in [9.17, 15) is 28.8 Å². The monoisotopic (exact) mass is 827 g/mol. The number of nitrogens with one attached hydrogen (secondary N) is 6. The highest BCUT2D eigenvalue weighted by molar-refractivity contribution is 5.96. The van der Waals surface area contributed by atoms with Crippen LogP contribution in [0.2, 0.25) is 0 Å². The van der Waals surface area contributed by atoms with Crippen molar-refractivity contribution >= 4 is 46.5 Å². The third-order valence-corrected chi connectivity index (χ3v) is 10.5. The lowest BCUT2D eigenvalue weighted by atomic mass is 10.0. The number of benzene rings is 2. The maximum Gasteiger partial charge on any atom is 0.333 e. The number of fused-ring (bicyclic) bond motifs is 1. The first-order valence-electron chi connectivity index (χ1n) is 20.6. The molecule has 0 radical (unpaired) electrons. The second-order valence-corrected chi connectivity index (χ2v) is 15.4. The number of aromatic nitrogens is 1. The van der Waals surface area contributed by atoms with Gasteiger partial charge in [-0.15, -0.1) is 0 Å². The van der Waals surface area contributed by atoms with Gasteiger partial charge in [-0.3, -0.25) is 33.9 Å². The van der Waals surface area contributed by atoms with Crippen LogP contribution < -0.4 is 43.9 Å². The normalized spacial score (nSPS) is 19.9. The highest BCUT2D eigenvalue weighted by Crippen LogP contribution is 2.19. The van der Waals surface area contributed by atoms with Gasteiger partial charge in [0.1, 0.15) is 30.2 Å². The van der Waals surface area contributed by atoms with Gasteiger partial charge in [-0.2, -0.15) is 0 Å². The Balaban J connectivity index is 1.60. The number of nitrogens with zero attached hydrogens (tertiary/aromatic N) is 2. The molecule has 17 heteroatoms. The summed E-state index contributed by atoms with van der Waals surface area (Å²) < 4.78 is 0. The fourth-order valence-corrected chi connectivity index (χ4v) is 6.84. The lowest BCUT2D eigenvalue weighted by Crippen LogP contribution is -2.59. The van der Waals surface area contributed by atoms with E-state index < -0.39 is 65.8 Å². The standard InChI is InChI=1S/C43H61N11O6/c1-28(2)53-22-12-10-20-35(40(57)51-36(25-30-15-5-4-6-16-30)42(59)49-34(38(45)55)19-9-11-21-44)50-39(56)29(3)48-41(58)37(52-43(60)54(46)24-14-13-23-53)26-31-27-47-33-18-8-7-17-32(31)33/h4-8,15-18,27-29,34-37,47H,9-12,19-26,44,46H2,1-3H3,(H2,45,55)(H,48,58)(H,49,59)(H,50,56)(H,51,57)(H,52,60)/t29-,34-,35-,36+,37+/m0/s1. The summed E-state index contributed by atoms with van der Waals surface area (Å²) in [4.78, 5) is 86.6. The molecule has 0 fully saturated rings. The Morgan fingerprint density at radius 1 is 0.883 bits per heavy atom. The molecule has 17 nitrogen and oxygen atoms in total. The lowest BCUT2D eigenvalue weighted by molar-refractivity contribution is -0.134. The van der Waals surface area contributed by atoms with Crippen LogP contribution in [-0.2, 0) is 36.8 Å². The van der Waals surface area contributed by atoms with Gasteiger partial charge in [0, 0.05) is 36.0 Å². The Hall–Kier alpha value is -5.96. The maximum absolute atomic E-state index is 14.2. The van der Waals surface area contributed by atoms with Gasteiger partial charge in [-0.25, -0.2) is 10.6 Å². The molecule has 324 valence electrons. The lowest BCUT2D eigenvalue weighted by Gasteiger charge is -2.27. The Kier molecular flexibility index (Phi) is 18.4. The largest absolute Gasteiger partial charge is 0.368 e. The third-order valence-electron chi connectivity index (χ3n) is 10.5. The Morgan fingerprint density at radius 3 is 2.32 bits per heavy atom. The first-order chi connectivity index (χ1) is 28.8. The molecule has 0 bridgehead atoms. The van der Waals surface area contributed by atoms with Gasteiger partial charge in [0.25, 0.3) is 0 Å². The number of nitrogens with two attached hydrogens (primary N) is 3. The van der Waals surface area contributed by atoms with Crippen molar-refractivity contribution in [2.75, 3.05) is 26.2 Å². The fourth-order valence-electron chi connectivity index (χ4n) is 6.84. The van der Waals surface area contributed by atoms with Crippen LogP contribution in [0.4, 0.5) is 4.79 Å². The zero-order chi connectivity index (χ0) is 43.6. The molecule has 0 saturated carbocycles. The molecule has 2 aromatic carbocycles. The second kappa shape index (κ2) is 23.6. The van der Waals surface area contributed by atoms with Gasteiger partial charge in [-0.1, -0.05) is 60.4 Å². The number of aromatic amines is 1. The predicted molar refractivity (Wildman–Crippen MR) is 229 cm³/mol. The van der Waals surface area contributed by atoms with Crippen LogP contribution in [0.5, 0.6) is 0 Å². The Labute approximate surface area is 351 Å². The zero-order valence-corrected chi connectivity index (χ0v) is 34.8. The van der Waals surface area contributed by atoms with Gasteiger partial charge >= 0.3 is 6.03 Å². The number of hydrogen-bond donors (Lipinski definition) is 9. The van der Waals surface area contributed by atoms with Crippen LogP contribution in [-0.4, -0.2) is 113 Å². The maximum atomic E-state index is 14.2. The van der Waals surface area contributed by atoms with E-state index in [0.717, 1.165) is 27.0 Å². The molecule has 0 saturated heterocycles. The van der Waals surface area contributed by atoms with Crippen molar-refractivity contribution in [3.05, 3.63) is 71.9 Å². The summed E-state index contributed by atoms with van der Waals surface area (Å²) in [5, 5.41) is 15.5. The van der Waals surface area contributed by atoms with Crippen molar-refractivity contribution in [2.45, 2.75) is 108 Å². The molecule has 3 aromatic rings. The van der Waals surface area contributed by atoms with Crippen LogP contribution in [0.1, 0.15) is 70.4 Å². The van der Waals surface area contributed by atoms with Gasteiger partial charge in [-0.05, 0) is 89.6 Å². The van der Waals surface area contributed by atoms with E-state index in [2.05, 4.69) is 48.3 Å². The van der Waals surface area contributed by atoms with Crippen molar-refractivity contribution in [1.82, 2.24) is 41.5 Å². The molecule has 4 rings (SSSR count). The number of para-hydroxylation sites is 1. The number of primary amides is 1. The minimum Gasteiger partial charge on any atom is -0.368 e. The molecule has 5 atom stereocenters. The first-order valence-corrected chi connectivity index (χ1v) is 20.6. The van der Waals surface area contributed by atoms with E-state index in [4.69, 9.17) is 17.3 Å². The summed E-state index contributed by atoms with van der Waals surface area (Å²) in [5.41, 5.74) is 13.6. The average Bonchev–Trinajstić information content (AvgIpc) is 3.63. The highest BCUT2D eigenvalue weighted by atomic mass is 16.2.